The molecule has 142 valence electrons. The zero-order valence-electron chi connectivity index (χ0n) is 15.0. The van der Waals surface area contributed by atoms with Crippen molar-refractivity contribution in [1.29, 1.82) is 0 Å². The number of morpholine rings is 1. The number of benzene rings is 1. The van der Waals surface area contributed by atoms with Gasteiger partial charge in [-0.15, -0.1) is 0 Å². The molecule has 0 atom stereocenters. The molecule has 0 aliphatic carbocycles. The number of urea groups is 1. The van der Waals surface area contributed by atoms with Gasteiger partial charge in [-0.2, -0.15) is 0 Å². The molecule has 2 saturated heterocycles. The van der Waals surface area contributed by atoms with Crippen molar-refractivity contribution in [1.82, 2.24) is 14.7 Å². The lowest BCUT2D eigenvalue weighted by Gasteiger charge is -2.36. The van der Waals surface area contributed by atoms with E-state index in [1.54, 1.807) is 11.0 Å². The lowest BCUT2D eigenvalue weighted by Crippen LogP contribution is -2.53. The first-order valence-corrected chi connectivity index (χ1v) is 9.30. The molecule has 0 aromatic heterocycles. The summed E-state index contributed by atoms with van der Waals surface area (Å²) in [5, 5.41) is 3.52. The van der Waals surface area contributed by atoms with Crippen molar-refractivity contribution in [2.45, 2.75) is 6.92 Å². The van der Waals surface area contributed by atoms with Crippen molar-refractivity contribution in [3.8, 4) is 0 Å². The molecular formula is C18H25ClN4O3. The van der Waals surface area contributed by atoms with Crippen LogP contribution in [-0.4, -0.2) is 85.7 Å². The third kappa shape index (κ3) is 4.87. The fraction of sp³-hybridized carbons (Fsp3) is 0.556. The SMILES string of the molecule is Cc1ccc(NC(=O)N2CCN(CC(=O)N3CCOCC3)CC2)cc1Cl. The van der Waals surface area contributed by atoms with Crippen molar-refractivity contribution in [3.63, 3.8) is 0 Å². The summed E-state index contributed by atoms with van der Waals surface area (Å²) >= 11 is 6.10. The molecule has 0 radical (unpaired) electrons. The molecular weight excluding hydrogens is 356 g/mol. The minimum absolute atomic E-state index is 0.135. The predicted octanol–water partition coefficient (Wildman–Crippen LogP) is 1.66. The number of nitrogens with one attached hydrogen (secondary N) is 1. The molecule has 7 nitrogen and oxygen atoms in total. The van der Waals surface area contributed by atoms with Gasteiger partial charge in [0.25, 0.3) is 0 Å². The largest absolute Gasteiger partial charge is 0.378 e. The standard InChI is InChI=1S/C18H25ClN4O3/c1-14-2-3-15(12-16(14)19)20-18(25)23-6-4-21(5-7-23)13-17(24)22-8-10-26-11-9-22/h2-3,12H,4-11,13H2,1H3,(H,20,25). The minimum Gasteiger partial charge on any atom is -0.378 e. The van der Waals surface area contributed by atoms with E-state index < -0.39 is 0 Å². The van der Waals surface area contributed by atoms with Gasteiger partial charge in [0.2, 0.25) is 5.91 Å². The van der Waals surface area contributed by atoms with Gasteiger partial charge in [-0.05, 0) is 24.6 Å². The molecule has 1 aromatic rings. The highest BCUT2D eigenvalue weighted by molar-refractivity contribution is 6.31. The van der Waals surface area contributed by atoms with Crippen LogP contribution in [0.2, 0.25) is 5.02 Å². The van der Waals surface area contributed by atoms with E-state index in [1.165, 1.54) is 0 Å². The number of aryl methyl sites for hydroxylation is 1. The first-order valence-electron chi connectivity index (χ1n) is 8.93. The van der Waals surface area contributed by atoms with E-state index in [0.29, 0.717) is 69.7 Å². The Bertz CT molecular complexity index is 656. The molecule has 26 heavy (non-hydrogen) atoms. The van der Waals surface area contributed by atoms with E-state index in [-0.39, 0.29) is 11.9 Å². The van der Waals surface area contributed by atoms with E-state index in [9.17, 15) is 9.59 Å². The van der Waals surface area contributed by atoms with Gasteiger partial charge in [0.1, 0.15) is 0 Å². The molecule has 8 heteroatoms. The number of anilines is 1. The van der Waals surface area contributed by atoms with Gasteiger partial charge >= 0.3 is 6.03 Å². The summed E-state index contributed by atoms with van der Waals surface area (Å²) in [5.41, 5.74) is 1.67. The molecule has 0 bridgehead atoms. The number of rotatable bonds is 3. The molecule has 2 aliphatic heterocycles. The predicted molar refractivity (Wildman–Crippen MR) is 101 cm³/mol. The molecule has 0 saturated carbocycles. The maximum atomic E-state index is 12.4. The van der Waals surface area contributed by atoms with Crippen LogP contribution in [0.4, 0.5) is 10.5 Å². The van der Waals surface area contributed by atoms with Crippen LogP contribution < -0.4 is 5.32 Å². The molecule has 3 amide bonds. The monoisotopic (exact) mass is 380 g/mol. The summed E-state index contributed by atoms with van der Waals surface area (Å²) < 4.78 is 5.28. The summed E-state index contributed by atoms with van der Waals surface area (Å²) in [7, 11) is 0. The van der Waals surface area contributed by atoms with Crippen LogP contribution >= 0.6 is 11.6 Å². The molecule has 0 unspecified atom stereocenters. The van der Waals surface area contributed by atoms with Crippen LogP contribution in [0.1, 0.15) is 5.56 Å². The van der Waals surface area contributed by atoms with E-state index >= 15 is 0 Å². The number of ether oxygens (including phenoxy) is 1. The Labute approximate surface area is 158 Å². The summed E-state index contributed by atoms with van der Waals surface area (Å²) in [6, 6.07) is 5.35. The van der Waals surface area contributed by atoms with Crippen LogP contribution in [0.25, 0.3) is 0 Å². The van der Waals surface area contributed by atoms with Gasteiger partial charge in [-0.25, -0.2) is 4.79 Å². The average molecular weight is 381 g/mol. The normalized spacial score (nSPS) is 18.7. The molecule has 1 N–H and O–H groups in total. The smallest absolute Gasteiger partial charge is 0.321 e. The summed E-state index contributed by atoms with van der Waals surface area (Å²) in [5.74, 6) is 0.139. The number of nitrogens with zero attached hydrogens (tertiary/aromatic N) is 3. The highest BCUT2D eigenvalue weighted by Crippen LogP contribution is 2.20. The third-order valence-electron chi connectivity index (χ3n) is 4.81. The van der Waals surface area contributed by atoms with Crippen molar-refractivity contribution >= 4 is 29.2 Å². The Balaban J connectivity index is 1.44. The van der Waals surface area contributed by atoms with Crippen molar-refractivity contribution in [2.75, 3.05) is 64.3 Å². The Kier molecular flexibility index (Phi) is 6.34. The van der Waals surface area contributed by atoms with Gasteiger partial charge in [0, 0.05) is 50.0 Å². The fourth-order valence-electron chi connectivity index (χ4n) is 3.09. The summed E-state index contributed by atoms with van der Waals surface area (Å²) in [6.45, 7) is 7.47. The molecule has 1 aromatic carbocycles. The summed E-state index contributed by atoms with van der Waals surface area (Å²) in [4.78, 5) is 30.4. The van der Waals surface area contributed by atoms with Crippen LogP contribution in [0, 0.1) is 6.92 Å². The van der Waals surface area contributed by atoms with Gasteiger partial charge in [-0.3, -0.25) is 9.69 Å². The number of halogens is 1. The van der Waals surface area contributed by atoms with Crippen LogP contribution in [0.3, 0.4) is 0 Å². The zero-order valence-corrected chi connectivity index (χ0v) is 15.8. The third-order valence-corrected chi connectivity index (χ3v) is 5.21. The van der Waals surface area contributed by atoms with Crippen LogP contribution in [0.5, 0.6) is 0 Å². The second kappa shape index (κ2) is 8.70. The topological polar surface area (TPSA) is 65.1 Å². The zero-order chi connectivity index (χ0) is 18.5. The van der Waals surface area contributed by atoms with Gasteiger partial charge in [0.15, 0.2) is 0 Å². The van der Waals surface area contributed by atoms with E-state index in [1.807, 2.05) is 24.0 Å². The Morgan fingerprint density at radius 1 is 1.08 bits per heavy atom. The molecule has 0 spiro atoms. The number of carbonyl (C=O) groups excluding carboxylic acids is 2. The van der Waals surface area contributed by atoms with Crippen molar-refractivity contribution in [3.05, 3.63) is 28.8 Å². The lowest BCUT2D eigenvalue weighted by molar-refractivity contribution is -0.136. The van der Waals surface area contributed by atoms with Gasteiger partial charge in [-0.1, -0.05) is 17.7 Å². The number of hydrogen-bond acceptors (Lipinski definition) is 4. The van der Waals surface area contributed by atoms with Crippen LogP contribution in [0.15, 0.2) is 18.2 Å². The maximum Gasteiger partial charge on any atom is 0.321 e. The minimum atomic E-state index is -0.135. The number of carbonyl (C=O) groups is 2. The number of hydrogen-bond donors (Lipinski definition) is 1. The molecule has 2 aliphatic rings. The number of amides is 3. The molecule has 2 fully saturated rings. The van der Waals surface area contributed by atoms with Gasteiger partial charge in [0.05, 0.1) is 19.8 Å². The fourth-order valence-corrected chi connectivity index (χ4v) is 3.27. The number of piperazine rings is 1. The van der Waals surface area contributed by atoms with Crippen molar-refractivity contribution < 1.29 is 14.3 Å². The first kappa shape index (κ1) is 18.9. The Morgan fingerprint density at radius 3 is 2.42 bits per heavy atom. The van der Waals surface area contributed by atoms with Crippen LogP contribution in [-0.2, 0) is 9.53 Å². The van der Waals surface area contributed by atoms with E-state index in [2.05, 4.69) is 10.2 Å². The Morgan fingerprint density at radius 2 is 1.77 bits per heavy atom. The second-order valence-electron chi connectivity index (χ2n) is 6.65. The first-order chi connectivity index (χ1) is 12.5. The van der Waals surface area contributed by atoms with E-state index in [0.717, 1.165) is 5.56 Å². The second-order valence-corrected chi connectivity index (χ2v) is 7.06. The lowest BCUT2D eigenvalue weighted by atomic mass is 10.2. The highest BCUT2D eigenvalue weighted by atomic mass is 35.5. The molecule has 3 rings (SSSR count). The molecule has 2 heterocycles. The quantitative estimate of drug-likeness (QED) is 0.866. The summed E-state index contributed by atoms with van der Waals surface area (Å²) in [6.07, 6.45) is 0. The van der Waals surface area contributed by atoms with Crippen molar-refractivity contribution in [2.24, 2.45) is 0 Å². The van der Waals surface area contributed by atoms with Gasteiger partial charge < -0.3 is 19.9 Å². The Hall–Kier alpha value is -1.83. The maximum absolute atomic E-state index is 12.4. The van der Waals surface area contributed by atoms with E-state index in [4.69, 9.17) is 16.3 Å². The highest BCUT2D eigenvalue weighted by Gasteiger charge is 2.25. The average Bonchev–Trinajstić information content (AvgIpc) is 2.66.